The molecule has 2 atom stereocenters. The molecule has 146 valence electrons. The first-order chi connectivity index (χ1) is 11.9. The summed E-state index contributed by atoms with van der Waals surface area (Å²) in [6, 6.07) is 0. The van der Waals surface area contributed by atoms with E-state index in [1.807, 2.05) is 0 Å². The smallest absolute Gasteiger partial charge is 0.321 e. The van der Waals surface area contributed by atoms with E-state index < -0.39 is 29.6 Å². The highest BCUT2D eigenvalue weighted by Crippen LogP contribution is 2.15. The van der Waals surface area contributed by atoms with Crippen LogP contribution >= 0.6 is 0 Å². The Balaban J connectivity index is 4.25. The Bertz CT molecular complexity index is 392. The van der Waals surface area contributed by atoms with E-state index in [9.17, 15) is 24.6 Å². The molecule has 5 nitrogen and oxygen atoms in total. The van der Waals surface area contributed by atoms with E-state index in [1.165, 1.54) is 0 Å². The molecule has 2 unspecified atom stereocenters. The van der Waals surface area contributed by atoms with Crippen LogP contribution in [0.2, 0.25) is 0 Å². The van der Waals surface area contributed by atoms with Crippen LogP contribution in [-0.2, 0) is 14.4 Å². The lowest BCUT2D eigenvalue weighted by molar-refractivity contribution is -0.151. The van der Waals surface area contributed by atoms with Gasteiger partial charge in [-0.3, -0.25) is 14.4 Å². The fourth-order valence-corrected chi connectivity index (χ4v) is 2.94. The second-order valence-electron chi connectivity index (χ2n) is 6.93. The van der Waals surface area contributed by atoms with E-state index in [4.69, 9.17) is 0 Å². The maximum Gasteiger partial charge on any atom is 0.321 e. The van der Waals surface area contributed by atoms with Crippen LogP contribution in [0.3, 0.4) is 0 Å². The summed E-state index contributed by atoms with van der Waals surface area (Å²) in [5.41, 5.74) is 0. The molecule has 0 fully saturated rings. The third kappa shape index (κ3) is 11.9. The Morgan fingerprint density at radius 1 is 0.760 bits per heavy atom. The molecule has 0 aliphatic heterocycles. The predicted octanol–water partition coefficient (Wildman–Crippen LogP) is 4.30. The number of aliphatic hydroxyl groups is 1. The number of carboxylic acids is 1. The minimum absolute atomic E-state index is 0.125. The summed E-state index contributed by atoms with van der Waals surface area (Å²) in [4.78, 5) is 35.5. The van der Waals surface area contributed by atoms with Crippen molar-refractivity contribution in [2.45, 2.75) is 103 Å². The molecule has 0 aromatic rings. The Hall–Kier alpha value is -1.23. The Labute approximate surface area is 152 Å². The molecule has 0 bridgehead atoms. The summed E-state index contributed by atoms with van der Waals surface area (Å²) < 4.78 is 0. The van der Waals surface area contributed by atoms with Crippen molar-refractivity contribution in [1.29, 1.82) is 0 Å². The lowest BCUT2D eigenvalue weighted by Gasteiger charge is -2.14. The van der Waals surface area contributed by atoms with E-state index in [0.29, 0.717) is 12.8 Å². The van der Waals surface area contributed by atoms with Crippen LogP contribution in [0.15, 0.2) is 0 Å². The minimum atomic E-state index is -1.61. The summed E-state index contributed by atoms with van der Waals surface area (Å²) in [6.07, 6.45) is 9.43. The fraction of sp³-hybridized carbons (Fsp3) is 0.850. The highest BCUT2D eigenvalue weighted by atomic mass is 16.4. The van der Waals surface area contributed by atoms with Gasteiger partial charge >= 0.3 is 5.97 Å². The number of aliphatic carboxylic acids is 1. The fourth-order valence-electron chi connectivity index (χ4n) is 2.94. The summed E-state index contributed by atoms with van der Waals surface area (Å²) in [5, 5.41) is 19.2. The molecule has 0 saturated carbocycles. The lowest BCUT2D eigenvalue weighted by atomic mass is 9.91. The molecule has 0 rings (SSSR count). The van der Waals surface area contributed by atoms with E-state index in [-0.39, 0.29) is 12.8 Å². The number of hydrogen-bond acceptors (Lipinski definition) is 4. The molecule has 2 N–H and O–H groups in total. The van der Waals surface area contributed by atoms with E-state index in [1.54, 1.807) is 0 Å². The topological polar surface area (TPSA) is 91.7 Å². The lowest BCUT2D eigenvalue weighted by Crippen LogP contribution is -2.33. The van der Waals surface area contributed by atoms with Crippen LogP contribution in [-0.4, -0.2) is 33.9 Å². The van der Waals surface area contributed by atoms with Crippen molar-refractivity contribution in [3.8, 4) is 0 Å². The van der Waals surface area contributed by atoms with Gasteiger partial charge in [0.05, 0.1) is 6.10 Å². The average molecular weight is 357 g/mol. The van der Waals surface area contributed by atoms with Crippen molar-refractivity contribution in [1.82, 2.24) is 0 Å². The maximum absolute atomic E-state index is 12.1. The number of aliphatic hydroxyl groups excluding tert-OH is 1. The number of carbonyl (C=O) groups excluding carboxylic acids is 2. The third-order valence-corrected chi connectivity index (χ3v) is 4.50. The molecule has 0 aliphatic rings. The zero-order valence-electron chi connectivity index (χ0n) is 16.0. The summed E-state index contributed by atoms with van der Waals surface area (Å²) in [7, 11) is 0. The number of unbranched alkanes of at least 4 members (excludes halogenated alkanes) is 8. The zero-order chi connectivity index (χ0) is 19.1. The van der Waals surface area contributed by atoms with Crippen LogP contribution in [0.1, 0.15) is 97.3 Å². The molecule has 0 aromatic heterocycles. The SMILES string of the molecule is CCCCCCCC(=O)C(C(=O)O)C(=O)CC(O)CCCCCCC. The van der Waals surface area contributed by atoms with Crippen LogP contribution < -0.4 is 0 Å². The Kier molecular flexibility index (Phi) is 14.3. The number of carbonyl (C=O) groups is 3. The van der Waals surface area contributed by atoms with Gasteiger partial charge in [0, 0.05) is 12.8 Å². The third-order valence-electron chi connectivity index (χ3n) is 4.50. The van der Waals surface area contributed by atoms with Crippen LogP contribution in [0.5, 0.6) is 0 Å². The molecule has 0 amide bonds. The molecular formula is C20H36O5. The standard InChI is InChI=1S/C20H36O5/c1-3-5-7-9-11-13-16(21)15-18(23)19(20(24)25)17(22)14-12-10-8-6-4-2/h16,19,21H,3-15H2,1-2H3,(H,24,25). The van der Waals surface area contributed by atoms with Gasteiger partial charge in [-0.2, -0.15) is 0 Å². The van der Waals surface area contributed by atoms with Gasteiger partial charge in [-0.1, -0.05) is 71.6 Å². The maximum atomic E-state index is 12.1. The van der Waals surface area contributed by atoms with Gasteiger partial charge in [-0.25, -0.2) is 0 Å². The molecule has 5 heteroatoms. The van der Waals surface area contributed by atoms with Crippen molar-refractivity contribution in [3.05, 3.63) is 0 Å². The van der Waals surface area contributed by atoms with Gasteiger partial charge in [0.15, 0.2) is 17.5 Å². The normalized spacial score (nSPS) is 13.4. The largest absolute Gasteiger partial charge is 0.480 e. The predicted molar refractivity (Wildman–Crippen MR) is 98.5 cm³/mol. The quantitative estimate of drug-likeness (QED) is 0.299. The Morgan fingerprint density at radius 2 is 1.28 bits per heavy atom. The van der Waals surface area contributed by atoms with Crippen molar-refractivity contribution < 1.29 is 24.6 Å². The Morgan fingerprint density at radius 3 is 1.80 bits per heavy atom. The molecule has 0 aromatic carbocycles. The van der Waals surface area contributed by atoms with Gasteiger partial charge in [0.1, 0.15) is 0 Å². The van der Waals surface area contributed by atoms with Gasteiger partial charge < -0.3 is 10.2 Å². The van der Waals surface area contributed by atoms with Gasteiger partial charge in [0.2, 0.25) is 0 Å². The van der Waals surface area contributed by atoms with Gasteiger partial charge in [-0.05, 0) is 12.8 Å². The van der Waals surface area contributed by atoms with Crippen molar-refractivity contribution in [3.63, 3.8) is 0 Å². The zero-order valence-corrected chi connectivity index (χ0v) is 16.0. The second kappa shape index (κ2) is 15.1. The number of hydrogen-bond donors (Lipinski definition) is 2. The van der Waals surface area contributed by atoms with Crippen LogP contribution in [0.4, 0.5) is 0 Å². The summed E-state index contributed by atoms with van der Waals surface area (Å²) in [5.74, 6) is -4.18. The summed E-state index contributed by atoms with van der Waals surface area (Å²) >= 11 is 0. The van der Waals surface area contributed by atoms with E-state index in [2.05, 4.69) is 13.8 Å². The first kappa shape index (κ1) is 23.8. The van der Waals surface area contributed by atoms with E-state index >= 15 is 0 Å². The number of ketones is 2. The average Bonchev–Trinajstić information content (AvgIpc) is 2.54. The molecule has 0 aliphatic carbocycles. The monoisotopic (exact) mass is 356 g/mol. The molecule has 0 saturated heterocycles. The number of rotatable bonds is 17. The van der Waals surface area contributed by atoms with Crippen molar-refractivity contribution >= 4 is 17.5 Å². The number of carboxylic acid groups (broad SMARTS) is 1. The molecule has 0 spiro atoms. The van der Waals surface area contributed by atoms with Crippen molar-refractivity contribution in [2.75, 3.05) is 0 Å². The van der Waals surface area contributed by atoms with Crippen LogP contribution in [0, 0.1) is 5.92 Å². The van der Waals surface area contributed by atoms with Gasteiger partial charge in [0.25, 0.3) is 0 Å². The highest BCUT2D eigenvalue weighted by Gasteiger charge is 2.33. The molecule has 25 heavy (non-hydrogen) atoms. The minimum Gasteiger partial charge on any atom is -0.480 e. The molecular weight excluding hydrogens is 320 g/mol. The number of Topliss-reactive ketones (excluding diaryl/α,β-unsaturated/α-hetero) is 2. The molecule has 0 heterocycles. The first-order valence-electron chi connectivity index (χ1n) is 9.90. The second-order valence-corrected chi connectivity index (χ2v) is 6.93. The summed E-state index contributed by atoms with van der Waals surface area (Å²) in [6.45, 7) is 4.22. The van der Waals surface area contributed by atoms with Gasteiger partial charge in [-0.15, -0.1) is 0 Å². The van der Waals surface area contributed by atoms with Crippen molar-refractivity contribution in [2.24, 2.45) is 5.92 Å². The van der Waals surface area contributed by atoms with E-state index in [0.717, 1.165) is 57.8 Å². The van der Waals surface area contributed by atoms with Crippen LogP contribution in [0.25, 0.3) is 0 Å². The molecule has 0 radical (unpaired) electrons. The first-order valence-corrected chi connectivity index (χ1v) is 9.90. The highest BCUT2D eigenvalue weighted by molar-refractivity contribution is 6.16.